The molecule has 8 heterocycles. The number of fused-ring (bicyclic) bond motifs is 14. The van der Waals surface area contributed by atoms with Gasteiger partial charge in [0.1, 0.15) is 88.5 Å². The van der Waals surface area contributed by atoms with Crippen molar-refractivity contribution in [2.75, 3.05) is 32.1 Å². The molecule has 0 spiro atoms. The molecule has 1 saturated carbocycles. The van der Waals surface area contributed by atoms with Crippen LogP contribution >= 0.6 is 68.0 Å². The van der Waals surface area contributed by atoms with Gasteiger partial charge in [0.2, 0.25) is 17.7 Å². The van der Waals surface area contributed by atoms with Gasteiger partial charge in [-0.1, -0.05) is 44.2 Å². The minimum atomic E-state index is -1.30. The van der Waals surface area contributed by atoms with Crippen LogP contribution < -0.4 is 31.5 Å². The van der Waals surface area contributed by atoms with Crippen LogP contribution in [0, 0.1) is 24.7 Å². The van der Waals surface area contributed by atoms with Crippen molar-refractivity contribution in [1.82, 2.24) is 61.5 Å². The van der Waals surface area contributed by atoms with E-state index in [4.69, 9.17) is 29.7 Å². The summed E-state index contributed by atoms with van der Waals surface area (Å²) < 4.78 is 5.45. The number of nitrogens with one attached hydrogen (secondary N) is 5. The summed E-state index contributed by atoms with van der Waals surface area (Å²) in [4.78, 5) is 143. The quantitative estimate of drug-likeness (QED) is 0.0523. The number of aldehydes is 1. The number of methoxy groups -OCH3 is 1. The number of carboxylic acid groups (broad SMARTS) is 1. The molecule has 1 aromatic carbocycles. The van der Waals surface area contributed by atoms with Gasteiger partial charge in [-0.15, -0.1) is 68.0 Å². The molecular weight excluding hydrogens is 1220 g/mol. The molecule has 2 aliphatic rings. The predicted octanol–water partition coefficient (Wildman–Crippen LogP) is 7.34. The number of nitrogens with zero attached hydrogens (tertiary/aromatic N) is 8. The van der Waals surface area contributed by atoms with E-state index in [0.717, 1.165) is 40.3 Å². The molecule has 10 rings (SSSR count). The Labute approximate surface area is 515 Å². The summed E-state index contributed by atoms with van der Waals surface area (Å²) in [5, 5.41) is 44.4. The number of rotatable bonds is 14. The molecule has 24 nitrogen and oxygen atoms in total. The van der Waals surface area contributed by atoms with Gasteiger partial charge < -0.3 is 46.3 Å². The first-order valence-corrected chi connectivity index (χ1v) is 32.0. The number of carbonyl (C=O) groups excluding carboxylic acids is 7. The monoisotopic (exact) mass is 1280 g/mol. The minimum Gasteiger partial charge on any atom is -0.481 e. The summed E-state index contributed by atoms with van der Waals surface area (Å²) in [6.45, 7) is 4.76. The smallest absolute Gasteiger partial charge is 0.305 e. The number of hydrogen-bond donors (Lipinski definition) is 7. The second-order valence-corrected chi connectivity index (χ2v) is 26.2. The van der Waals surface area contributed by atoms with Crippen LogP contribution in [0.25, 0.3) is 43.4 Å². The number of aliphatic hydroxyl groups is 1. The summed E-state index contributed by atoms with van der Waals surface area (Å²) in [5.74, 6) is -5.15. The number of aromatic nitrogens is 7. The average molecular weight is 1280 g/mol. The molecule has 86 heavy (non-hydrogen) atoms. The first-order valence-electron chi connectivity index (χ1n) is 26.8. The molecule has 30 heteroatoms. The predicted molar refractivity (Wildman–Crippen MR) is 324 cm³/mol. The number of benzene rings is 1. The van der Waals surface area contributed by atoms with E-state index in [9.17, 15) is 48.6 Å². The van der Waals surface area contributed by atoms with E-state index >= 15 is 0 Å². The number of aliphatic hydroxyl groups excluding tert-OH is 1. The lowest BCUT2D eigenvalue weighted by Gasteiger charge is -2.34. The van der Waals surface area contributed by atoms with Crippen LogP contribution in [0.5, 0.6) is 0 Å². The lowest BCUT2D eigenvalue weighted by atomic mass is 9.75. The first kappa shape index (κ1) is 61.1. The summed E-state index contributed by atoms with van der Waals surface area (Å²) >= 11 is 7.02. The van der Waals surface area contributed by atoms with Crippen LogP contribution in [-0.2, 0) is 35.3 Å². The van der Waals surface area contributed by atoms with Gasteiger partial charge in [0.25, 0.3) is 17.7 Å². The largest absolute Gasteiger partial charge is 0.481 e. The number of aliphatic carboxylic acids is 1. The van der Waals surface area contributed by atoms with Gasteiger partial charge >= 0.3 is 5.97 Å². The Bertz CT molecular complexity index is 3870. The Hall–Kier alpha value is -7.97. The topological polar surface area (TPSA) is 340 Å². The van der Waals surface area contributed by atoms with Crippen molar-refractivity contribution < 1.29 is 53.3 Å². The van der Waals surface area contributed by atoms with Gasteiger partial charge in [0.05, 0.1) is 48.6 Å². The lowest BCUT2D eigenvalue weighted by Crippen LogP contribution is -2.43. The molecule has 0 saturated heterocycles. The zero-order chi connectivity index (χ0) is 60.9. The maximum Gasteiger partial charge on any atom is 0.305 e. The van der Waals surface area contributed by atoms with Gasteiger partial charge in [-0.05, 0) is 43.4 Å². The maximum absolute atomic E-state index is 14.3. The van der Waals surface area contributed by atoms with Crippen molar-refractivity contribution >= 4 is 122 Å². The molecule has 4 atom stereocenters. The third-order valence-electron chi connectivity index (χ3n) is 14.0. The zero-order valence-corrected chi connectivity index (χ0v) is 51.4. The number of ether oxygens (including phenoxy) is 1. The number of thiazole rings is 6. The van der Waals surface area contributed by atoms with Crippen LogP contribution in [0.3, 0.4) is 0 Å². The number of anilines is 1. The fourth-order valence-corrected chi connectivity index (χ4v) is 15.0. The lowest BCUT2D eigenvalue weighted by molar-refractivity contribution is -0.137. The van der Waals surface area contributed by atoms with Crippen LogP contribution in [-0.4, -0.2) is 120 Å². The maximum atomic E-state index is 14.3. The SMILES string of the molecule is CNC(=O)C[C@@H]1NC(=O)c2csc(n2)-c2ccc(-c3nc(N(CCC(=O)O)C(=O)C4CC(C=O)C4)cs3)nc2-c2csc(n2)-c2csc(n2)[C@H]([C@@H](O)c2ccccc2)NC(=O)CNC(=O)c2nc(sc2COC)C(C(C)C)NC(=O)c2nc1sc2C. The Morgan fingerprint density at radius 2 is 1.45 bits per heavy atom. The van der Waals surface area contributed by atoms with Crippen molar-refractivity contribution in [2.24, 2.45) is 17.8 Å². The molecule has 1 fully saturated rings. The van der Waals surface area contributed by atoms with E-state index in [2.05, 4.69) is 36.6 Å². The minimum absolute atomic E-state index is 0.00355. The van der Waals surface area contributed by atoms with Gasteiger partial charge in [0, 0.05) is 64.5 Å². The molecule has 7 aromatic heterocycles. The van der Waals surface area contributed by atoms with E-state index < -0.39 is 72.2 Å². The molecule has 0 radical (unpaired) electrons. The van der Waals surface area contributed by atoms with Crippen LogP contribution in [0.2, 0.25) is 0 Å². The molecule has 1 aliphatic carbocycles. The van der Waals surface area contributed by atoms with Crippen LogP contribution in [0.1, 0.15) is 126 Å². The van der Waals surface area contributed by atoms with Crippen LogP contribution in [0.15, 0.2) is 64.0 Å². The van der Waals surface area contributed by atoms with Crippen molar-refractivity contribution in [1.29, 1.82) is 0 Å². The summed E-state index contributed by atoms with van der Waals surface area (Å²) in [7, 11) is 2.92. The Morgan fingerprint density at radius 3 is 2.19 bits per heavy atom. The standard InChI is InChI=1S/C56H55N13O11S6/c1-25(2)41-55-68-44(36(86-55)20-80-5)48(77)58-18-39(72)65-45(46(75)28-9-7-6-8-10-28)54-63-35(23-83-54)52-61-33(21-82-52)43-30(11-12-31(59-43)51-64-37(24-84-51)69(14-13-40(73)74)56(79)29-15-27(16-29)19-70)50-62-34(22-81-50)47(76)60-32(17-38(71)57-4)53-67-42(26(3)85-53)49(78)66-41/h6-12,19,21-25,27,29,32,41,45-46,75H,13-18,20H2,1-5H3,(H,57,71)(H,58,77)(H,60,76)(H,65,72)(H,66,78)(H,73,74)/t27?,29?,32-,41?,45-,46-/m0/s1. The molecule has 7 N–H and O–H groups in total. The van der Waals surface area contributed by atoms with E-state index in [0.29, 0.717) is 81.5 Å². The fraction of sp³-hybridized carbons (Fsp3) is 0.339. The van der Waals surface area contributed by atoms with Crippen molar-refractivity contribution in [3.63, 3.8) is 0 Å². The number of hydrogen-bond acceptors (Lipinski definition) is 23. The second-order valence-electron chi connectivity index (χ2n) is 20.3. The number of aryl methyl sites for hydroxylation is 1. The molecule has 446 valence electrons. The molecule has 10 bridgehead atoms. The van der Waals surface area contributed by atoms with Gasteiger partial charge in [0.15, 0.2) is 0 Å². The van der Waals surface area contributed by atoms with E-state index in [-0.39, 0.29) is 71.6 Å². The normalized spacial score (nSPS) is 18.6. The Kier molecular flexibility index (Phi) is 19.0. The molecule has 1 unspecified atom stereocenters. The molecule has 6 amide bonds. The summed E-state index contributed by atoms with van der Waals surface area (Å²) in [6, 6.07) is 9.30. The number of amides is 6. The number of carboxylic acids is 1. The van der Waals surface area contributed by atoms with Crippen molar-refractivity contribution in [2.45, 2.75) is 77.3 Å². The van der Waals surface area contributed by atoms with E-state index in [1.54, 1.807) is 70.9 Å². The van der Waals surface area contributed by atoms with Gasteiger partial charge in [-0.2, -0.15) is 0 Å². The molecule has 8 aromatic rings. The fourth-order valence-electron chi connectivity index (χ4n) is 9.44. The third-order valence-corrected chi connectivity index (χ3v) is 19.8. The highest BCUT2D eigenvalue weighted by Crippen LogP contribution is 2.41. The number of carbonyl (C=O) groups is 8. The molecule has 1 aliphatic heterocycles. The Morgan fingerprint density at radius 1 is 0.744 bits per heavy atom. The summed E-state index contributed by atoms with van der Waals surface area (Å²) in [6.07, 6.45) is -0.350. The van der Waals surface area contributed by atoms with Crippen molar-refractivity contribution in [3.8, 4) is 43.4 Å². The van der Waals surface area contributed by atoms with Crippen LogP contribution in [0.4, 0.5) is 5.82 Å². The number of pyridine rings is 1. The highest BCUT2D eigenvalue weighted by molar-refractivity contribution is 7.15. The van der Waals surface area contributed by atoms with Gasteiger partial charge in [-0.3, -0.25) is 38.5 Å². The second kappa shape index (κ2) is 26.7. The Balaban J connectivity index is 1.05. The van der Waals surface area contributed by atoms with E-state index in [1.165, 1.54) is 53.1 Å². The first-order chi connectivity index (χ1) is 41.4. The third kappa shape index (κ3) is 13.5. The average Bonchev–Trinajstić information content (AvgIpc) is 3.63. The van der Waals surface area contributed by atoms with Gasteiger partial charge in [-0.25, -0.2) is 34.9 Å². The highest BCUT2D eigenvalue weighted by atomic mass is 32.1. The molecular formula is C56H55N13O11S6. The zero-order valence-electron chi connectivity index (χ0n) is 46.5. The summed E-state index contributed by atoms with van der Waals surface area (Å²) in [5.41, 5.74) is 2.40. The van der Waals surface area contributed by atoms with Crippen molar-refractivity contribution in [3.05, 3.63) is 111 Å². The van der Waals surface area contributed by atoms with E-state index in [1.807, 2.05) is 13.8 Å². The highest BCUT2D eigenvalue weighted by Gasteiger charge is 2.38.